The lowest BCUT2D eigenvalue weighted by Crippen LogP contribution is -2.12. The number of hydrogen-bond acceptors (Lipinski definition) is 4. The van der Waals surface area contributed by atoms with E-state index in [4.69, 9.17) is 0 Å². The highest BCUT2D eigenvalue weighted by molar-refractivity contribution is 5.82. The minimum absolute atomic E-state index is 0.0123. The van der Waals surface area contributed by atoms with E-state index in [0.717, 1.165) is 0 Å². The number of nitrogens with zero attached hydrogens (tertiary/aromatic N) is 3. The molecule has 2 aromatic rings. The molecule has 2 aromatic heterocycles. The third-order valence-corrected chi connectivity index (χ3v) is 1.78. The number of halogens is 3. The van der Waals surface area contributed by atoms with Crippen LogP contribution in [0.1, 0.15) is 5.82 Å². The first-order chi connectivity index (χ1) is 7.02. The number of H-pyrrole nitrogens is 1. The van der Waals surface area contributed by atoms with Crippen molar-refractivity contribution in [2.75, 3.05) is 12.4 Å². The molecule has 0 bridgehead atoms. The van der Waals surface area contributed by atoms with Crippen molar-refractivity contribution in [1.82, 2.24) is 19.9 Å². The number of rotatable bonds is 1. The molecule has 0 spiro atoms. The Hall–Kier alpha value is -1.86. The lowest BCUT2D eigenvalue weighted by atomic mass is 10.4. The largest absolute Gasteiger partial charge is 0.451 e. The second-order valence-electron chi connectivity index (χ2n) is 2.74. The van der Waals surface area contributed by atoms with E-state index in [2.05, 4.69) is 25.3 Å². The van der Waals surface area contributed by atoms with Gasteiger partial charge in [-0.1, -0.05) is 0 Å². The number of aromatic nitrogens is 4. The molecule has 5 nitrogen and oxygen atoms in total. The Morgan fingerprint density at radius 1 is 1.33 bits per heavy atom. The fraction of sp³-hybridized carbons (Fsp3) is 0.286. The van der Waals surface area contributed by atoms with Crippen LogP contribution in [0.5, 0.6) is 0 Å². The van der Waals surface area contributed by atoms with Gasteiger partial charge >= 0.3 is 6.18 Å². The summed E-state index contributed by atoms with van der Waals surface area (Å²) in [5.74, 6) is -1.13. The highest BCUT2D eigenvalue weighted by atomic mass is 19.4. The zero-order valence-corrected chi connectivity index (χ0v) is 7.55. The van der Waals surface area contributed by atoms with Gasteiger partial charge in [0.25, 0.3) is 0 Å². The van der Waals surface area contributed by atoms with Crippen molar-refractivity contribution in [3.8, 4) is 0 Å². The molecule has 2 heterocycles. The summed E-state index contributed by atoms with van der Waals surface area (Å²) in [5, 5.41) is 2.55. The normalized spacial score (nSPS) is 12.0. The molecule has 0 radical (unpaired) electrons. The predicted molar refractivity (Wildman–Crippen MR) is 46.2 cm³/mol. The van der Waals surface area contributed by atoms with Gasteiger partial charge in [-0.05, 0) is 0 Å². The molecular weight excluding hydrogens is 211 g/mol. The molecule has 8 heteroatoms. The highest BCUT2D eigenvalue weighted by Gasteiger charge is 2.35. The third-order valence-electron chi connectivity index (χ3n) is 1.78. The summed E-state index contributed by atoms with van der Waals surface area (Å²) in [6, 6.07) is 0. The van der Waals surface area contributed by atoms with Crippen LogP contribution in [0.4, 0.5) is 19.0 Å². The van der Waals surface area contributed by atoms with E-state index >= 15 is 0 Å². The van der Waals surface area contributed by atoms with E-state index in [-0.39, 0.29) is 11.5 Å². The molecule has 0 saturated heterocycles. The number of fused-ring (bicyclic) bond motifs is 1. The molecule has 0 unspecified atom stereocenters. The number of nitrogens with one attached hydrogen (secondary N) is 2. The second-order valence-corrected chi connectivity index (χ2v) is 2.74. The Balaban J connectivity index is 2.69. The van der Waals surface area contributed by atoms with E-state index in [1.165, 1.54) is 13.4 Å². The zero-order chi connectivity index (χ0) is 11.1. The molecule has 0 fully saturated rings. The van der Waals surface area contributed by atoms with Crippen LogP contribution >= 0.6 is 0 Å². The van der Waals surface area contributed by atoms with E-state index in [9.17, 15) is 13.2 Å². The summed E-state index contributed by atoms with van der Waals surface area (Å²) in [5.41, 5.74) is 0.340. The van der Waals surface area contributed by atoms with Gasteiger partial charge in [-0.25, -0.2) is 15.0 Å². The van der Waals surface area contributed by atoms with Crippen LogP contribution in [-0.4, -0.2) is 27.0 Å². The van der Waals surface area contributed by atoms with Crippen LogP contribution in [0.15, 0.2) is 6.33 Å². The Labute approximate surface area is 81.8 Å². The van der Waals surface area contributed by atoms with Crippen molar-refractivity contribution in [3.05, 3.63) is 12.2 Å². The number of imidazole rings is 1. The molecule has 0 saturated carbocycles. The maximum Gasteiger partial charge on any atom is 0.451 e. The van der Waals surface area contributed by atoms with Gasteiger partial charge in [0.15, 0.2) is 11.5 Å². The summed E-state index contributed by atoms with van der Waals surface area (Å²) < 4.78 is 37.0. The number of aromatic amines is 1. The fourth-order valence-electron chi connectivity index (χ4n) is 1.14. The SMILES string of the molecule is CNc1nc(C(F)(F)F)nc2nc[nH]c12. The summed E-state index contributed by atoms with van der Waals surface area (Å²) >= 11 is 0. The van der Waals surface area contributed by atoms with Crippen LogP contribution in [0, 0.1) is 0 Å². The lowest BCUT2D eigenvalue weighted by Gasteiger charge is -2.06. The number of alkyl halides is 3. The van der Waals surface area contributed by atoms with Gasteiger partial charge < -0.3 is 10.3 Å². The first-order valence-electron chi connectivity index (χ1n) is 3.98. The van der Waals surface area contributed by atoms with Crippen LogP contribution in [0.2, 0.25) is 0 Å². The van der Waals surface area contributed by atoms with E-state index < -0.39 is 12.0 Å². The molecule has 2 rings (SSSR count). The van der Waals surface area contributed by atoms with Crippen molar-refractivity contribution in [1.29, 1.82) is 0 Å². The van der Waals surface area contributed by atoms with Crippen molar-refractivity contribution in [3.63, 3.8) is 0 Å². The summed E-state index contributed by atoms with van der Waals surface area (Å²) in [6.45, 7) is 0. The molecule has 15 heavy (non-hydrogen) atoms. The number of anilines is 1. The Kier molecular flexibility index (Phi) is 1.98. The van der Waals surface area contributed by atoms with Gasteiger partial charge in [-0.15, -0.1) is 0 Å². The molecule has 0 aromatic carbocycles. The predicted octanol–water partition coefficient (Wildman–Crippen LogP) is 1.41. The van der Waals surface area contributed by atoms with E-state index in [1.54, 1.807) is 0 Å². The fourth-order valence-corrected chi connectivity index (χ4v) is 1.14. The summed E-state index contributed by atoms with van der Waals surface area (Å²) in [6.07, 6.45) is -3.31. The minimum Gasteiger partial charge on any atom is -0.371 e. The van der Waals surface area contributed by atoms with Gasteiger partial charge in [0.05, 0.1) is 6.33 Å². The van der Waals surface area contributed by atoms with Crippen LogP contribution in [0.25, 0.3) is 11.2 Å². The van der Waals surface area contributed by atoms with Gasteiger partial charge in [0, 0.05) is 7.05 Å². The molecule has 2 N–H and O–H groups in total. The average molecular weight is 217 g/mol. The van der Waals surface area contributed by atoms with Gasteiger partial charge in [0.1, 0.15) is 5.52 Å². The van der Waals surface area contributed by atoms with Crippen molar-refractivity contribution >= 4 is 17.0 Å². The smallest absolute Gasteiger partial charge is 0.371 e. The molecule has 0 aliphatic carbocycles. The Morgan fingerprint density at radius 2 is 2.07 bits per heavy atom. The zero-order valence-electron chi connectivity index (χ0n) is 7.55. The standard InChI is InChI=1S/C7H6F3N5/c1-11-4-3-5(13-2-12-3)15-6(14-4)7(8,9)10/h2H,1H3,(H2,11,12,13,14,15). The quantitative estimate of drug-likeness (QED) is 0.757. The van der Waals surface area contributed by atoms with E-state index in [1.807, 2.05) is 0 Å². The molecule has 0 amide bonds. The minimum atomic E-state index is -4.57. The van der Waals surface area contributed by atoms with Crippen molar-refractivity contribution in [2.45, 2.75) is 6.18 Å². The third kappa shape index (κ3) is 1.58. The van der Waals surface area contributed by atoms with Crippen LogP contribution in [-0.2, 0) is 6.18 Å². The lowest BCUT2D eigenvalue weighted by molar-refractivity contribution is -0.144. The summed E-state index contributed by atoms with van der Waals surface area (Å²) in [7, 11) is 1.47. The van der Waals surface area contributed by atoms with Crippen LogP contribution < -0.4 is 5.32 Å². The monoisotopic (exact) mass is 217 g/mol. The van der Waals surface area contributed by atoms with Crippen molar-refractivity contribution < 1.29 is 13.2 Å². The highest BCUT2D eigenvalue weighted by Crippen LogP contribution is 2.28. The van der Waals surface area contributed by atoms with Gasteiger partial charge in [0.2, 0.25) is 5.82 Å². The van der Waals surface area contributed by atoms with Gasteiger partial charge in [-0.3, -0.25) is 0 Å². The maximum atomic E-state index is 12.3. The second kappa shape index (κ2) is 3.07. The molecule has 0 aliphatic heterocycles. The molecule has 0 atom stereocenters. The molecule has 0 aliphatic rings. The first kappa shape index (κ1) is 9.69. The Morgan fingerprint density at radius 3 is 2.67 bits per heavy atom. The summed E-state index contributed by atoms with van der Waals surface area (Å²) in [4.78, 5) is 12.9. The van der Waals surface area contributed by atoms with E-state index in [0.29, 0.717) is 5.52 Å². The molecular formula is C7H6F3N5. The number of hydrogen-bond donors (Lipinski definition) is 2. The first-order valence-corrected chi connectivity index (χ1v) is 3.98. The molecule has 80 valence electrons. The maximum absolute atomic E-state index is 12.3. The topological polar surface area (TPSA) is 66.5 Å². The Bertz CT molecular complexity index is 489. The van der Waals surface area contributed by atoms with Crippen LogP contribution in [0.3, 0.4) is 0 Å². The average Bonchev–Trinajstić information content (AvgIpc) is 2.62. The van der Waals surface area contributed by atoms with Crippen molar-refractivity contribution in [2.24, 2.45) is 0 Å². The van der Waals surface area contributed by atoms with Gasteiger partial charge in [-0.2, -0.15) is 13.2 Å².